The van der Waals surface area contributed by atoms with Gasteiger partial charge in [0.1, 0.15) is 17.6 Å². The van der Waals surface area contributed by atoms with Crippen molar-refractivity contribution >= 4 is 12.4 Å². The molecule has 31 heavy (non-hydrogen) atoms. The summed E-state index contributed by atoms with van der Waals surface area (Å²) < 4.78 is 25.3. The van der Waals surface area contributed by atoms with Crippen LogP contribution in [0.4, 0.5) is 0 Å². The van der Waals surface area contributed by atoms with Gasteiger partial charge in [-0.15, -0.1) is 12.4 Å². The molecule has 4 N–H and O–H groups in total. The van der Waals surface area contributed by atoms with E-state index in [1.54, 1.807) is 27.3 Å². The second-order valence-corrected chi connectivity index (χ2v) is 6.14. The monoisotopic (exact) mass is 458 g/mol. The van der Waals surface area contributed by atoms with Crippen LogP contribution in [0.1, 0.15) is 23.3 Å². The highest BCUT2D eigenvalue weighted by molar-refractivity contribution is 5.85. The summed E-state index contributed by atoms with van der Waals surface area (Å²) in [6, 6.07) is 15.2. The SMILES string of the molecule is CN.CNCC(O)c1cccc(OCOC)c1.COCOc1cccc(C2CO2)c1.Cl. The van der Waals surface area contributed by atoms with Crippen LogP contribution in [0.25, 0.3) is 0 Å². The van der Waals surface area contributed by atoms with Crippen molar-refractivity contribution in [3.05, 3.63) is 59.7 Å². The smallest absolute Gasteiger partial charge is 0.188 e. The average molecular weight is 459 g/mol. The van der Waals surface area contributed by atoms with Crippen molar-refractivity contribution in [3.63, 3.8) is 0 Å². The van der Waals surface area contributed by atoms with E-state index in [4.69, 9.17) is 23.7 Å². The average Bonchev–Trinajstić information content (AvgIpc) is 3.64. The number of rotatable bonds is 10. The number of hydrogen-bond donors (Lipinski definition) is 3. The molecule has 1 aliphatic heterocycles. The Morgan fingerprint density at radius 2 is 1.58 bits per heavy atom. The van der Waals surface area contributed by atoms with Gasteiger partial charge in [0.15, 0.2) is 13.6 Å². The van der Waals surface area contributed by atoms with Gasteiger partial charge in [-0.25, -0.2) is 0 Å². The number of aliphatic hydroxyl groups is 1. The van der Waals surface area contributed by atoms with Crippen LogP contribution in [0.2, 0.25) is 0 Å². The molecule has 1 fully saturated rings. The molecule has 3 rings (SSSR count). The van der Waals surface area contributed by atoms with Gasteiger partial charge < -0.3 is 39.8 Å². The molecule has 0 saturated carbocycles. The number of ether oxygens (including phenoxy) is 5. The number of hydrogen-bond acceptors (Lipinski definition) is 8. The first-order chi connectivity index (χ1) is 14.7. The lowest BCUT2D eigenvalue weighted by molar-refractivity contribution is 0.0507. The number of benzene rings is 2. The van der Waals surface area contributed by atoms with E-state index in [2.05, 4.69) is 11.1 Å². The lowest BCUT2D eigenvalue weighted by Crippen LogP contribution is -2.16. The van der Waals surface area contributed by atoms with E-state index in [1.165, 1.54) is 12.6 Å². The highest BCUT2D eigenvalue weighted by Crippen LogP contribution is 2.31. The van der Waals surface area contributed by atoms with Gasteiger partial charge in [0.2, 0.25) is 0 Å². The Balaban J connectivity index is 0.000000525. The number of aliphatic hydroxyl groups excluding tert-OH is 1. The molecule has 2 unspecified atom stereocenters. The second-order valence-electron chi connectivity index (χ2n) is 6.14. The van der Waals surface area contributed by atoms with Crippen molar-refractivity contribution < 1.29 is 28.8 Å². The fourth-order valence-electron chi connectivity index (χ4n) is 2.42. The predicted molar refractivity (Wildman–Crippen MR) is 123 cm³/mol. The third-order valence-corrected chi connectivity index (χ3v) is 3.89. The van der Waals surface area contributed by atoms with Gasteiger partial charge in [-0.05, 0) is 49.5 Å². The van der Waals surface area contributed by atoms with Crippen LogP contribution in [0.5, 0.6) is 11.5 Å². The zero-order valence-electron chi connectivity index (χ0n) is 18.6. The molecule has 8 nitrogen and oxygen atoms in total. The summed E-state index contributed by atoms with van der Waals surface area (Å²) in [7, 11) is 6.47. The quantitative estimate of drug-likeness (QED) is 0.368. The Hall–Kier alpha value is -1.91. The molecular weight excluding hydrogens is 424 g/mol. The van der Waals surface area contributed by atoms with Crippen molar-refractivity contribution in [3.8, 4) is 11.5 Å². The summed E-state index contributed by atoms with van der Waals surface area (Å²) in [6.45, 7) is 1.85. The number of likely N-dealkylation sites (N-methyl/N-ethyl adjacent to an activating group) is 1. The maximum Gasteiger partial charge on any atom is 0.188 e. The first-order valence-electron chi connectivity index (χ1n) is 9.63. The maximum atomic E-state index is 9.72. The Kier molecular flexibility index (Phi) is 16.6. The molecule has 1 saturated heterocycles. The third-order valence-electron chi connectivity index (χ3n) is 3.89. The van der Waals surface area contributed by atoms with Crippen molar-refractivity contribution in [2.45, 2.75) is 12.2 Å². The molecule has 176 valence electrons. The van der Waals surface area contributed by atoms with Crippen LogP contribution >= 0.6 is 12.4 Å². The van der Waals surface area contributed by atoms with E-state index in [0.29, 0.717) is 12.3 Å². The number of nitrogens with two attached hydrogens (primary N) is 1. The fraction of sp³-hybridized carbons (Fsp3) is 0.455. The van der Waals surface area contributed by atoms with Crippen LogP contribution in [0.15, 0.2) is 48.5 Å². The third kappa shape index (κ3) is 11.9. The lowest BCUT2D eigenvalue weighted by atomic mass is 10.1. The topological polar surface area (TPSA) is 108 Å². The Labute approximate surface area is 191 Å². The molecule has 2 aromatic rings. The molecule has 0 aliphatic carbocycles. The lowest BCUT2D eigenvalue weighted by Gasteiger charge is -2.12. The van der Waals surface area contributed by atoms with Crippen molar-refractivity contribution in [2.24, 2.45) is 5.73 Å². The maximum absolute atomic E-state index is 9.72. The van der Waals surface area contributed by atoms with Gasteiger partial charge in [-0.2, -0.15) is 0 Å². The zero-order chi connectivity index (χ0) is 22.2. The summed E-state index contributed by atoms with van der Waals surface area (Å²) in [5.41, 5.74) is 6.51. The normalized spacial score (nSPS) is 14.6. The van der Waals surface area contributed by atoms with E-state index in [0.717, 1.165) is 17.9 Å². The number of epoxide rings is 1. The van der Waals surface area contributed by atoms with Gasteiger partial charge in [-0.3, -0.25) is 0 Å². The van der Waals surface area contributed by atoms with E-state index < -0.39 is 6.10 Å². The summed E-state index contributed by atoms with van der Waals surface area (Å²) in [5.74, 6) is 1.53. The predicted octanol–water partition coefficient (Wildman–Crippen LogP) is 2.66. The summed E-state index contributed by atoms with van der Waals surface area (Å²) in [4.78, 5) is 0. The zero-order valence-corrected chi connectivity index (χ0v) is 19.4. The minimum atomic E-state index is -0.513. The van der Waals surface area contributed by atoms with Gasteiger partial charge in [0, 0.05) is 20.8 Å². The van der Waals surface area contributed by atoms with Gasteiger partial charge in [0.25, 0.3) is 0 Å². The molecule has 2 atom stereocenters. The van der Waals surface area contributed by atoms with E-state index in [-0.39, 0.29) is 32.1 Å². The summed E-state index contributed by atoms with van der Waals surface area (Å²) in [5, 5.41) is 12.6. The second kappa shape index (κ2) is 17.7. The highest BCUT2D eigenvalue weighted by atomic mass is 35.5. The van der Waals surface area contributed by atoms with Crippen LogP contribution in [0, 0.1) is 0 Å². The van der Waals surface area contributed by atoms with Crippen molar-refractivity contribution in [1.29, 1.82) is 0 Å². The van der Waals surface area contributed by atoms with E-state index in [1.807, 2.05) is 42.5 Å². The van der Waals surface area contributed by atoms with Gasteiger partial charge >= 0.3 is 0 Å². The highest BCUT2D eigenvalue weighted by Gasteiger charge is 2.24. The Morgan fingerprint density at radius 3 is 2.10 bits per heavy atom. The van der Waals surface area contributed by atoms with E-state index >= 15 is 0 Å². The van der Waals surface area contributed by atoms with Gasteiger partial charge in [0.05, 0.1) is 12.7 Å². The van der Waals surface area contributed by atoms with Crippen molar-refractivity contribution in [1.82, 2.24) is 5.32 Å². The van der Waals surface area contributed by atoms with Crippen LogP contribution in [-0.2, 0) is 14.2 Å². The summed E-state index contributed by atoms with van der Waals surface area (Å²) in [6.07, 6.45) is -0.229. The molecule has 9 heteroatoms. The van der Waals surface area contributed by atoms with Crippen molar-refractivity contribution in [2.75, 3.05) is 55.1 Å². The largest absolute Gasteiger partial charge is 0.468 e. The number of methoxy groups -OCH3 is 2. The Bertz CT molecular complexity index is 703. The minimum absolute atomic E-state index is 0. The van der Waals surface area contributed by atoms with Crippen LogP contribution in [0.3, 0.4) is 0 Å². The van der Waals surface area contributed by atoms with Crippen LogP contribution in [-0.4, -0.2) is 60.2 Å². The molecule has 1 heterocycles. The van der Waals surface area contributed by atoms with Gasteiger partial charge in [-0.1, -0.05) is 24.3 Å². The molecule has 0 radical (unpaired) electrons. The molecule has 0 spiro atoms. The molecular formula is C22H35ClN2O6. The molecule has 0 aromatic heterocycles. The molecule has 0 bridgehead atoms. The van der Waals surface area contributed by atoms with E-state index in [9.17, 15) is 5.11 Å². The molecule has 2 aromatic carbocycles. The Morgan fingerprint density at radius 1 is 1.03 bits per heavy atom. The number of halogens is 1. The first-order valence-corrected chi connectivity index (χ1v) is 9.63. The fourth-order valence-corrected chi connectivity index (χ4v) is 2.42. The minimum Gasteiger partial charge on any atom is -0.468 e. The molecule has 1 aliphatic rings. The summed E-state index contributed by atoms with van der Waals surface area (Å²) >= 11 is 0. The standard InChI is InChI=1S/C11H17NO3.C10H12O3.CH5N.ClH/c1-12-7-11(13)9-4-3-5-10(6-9)15-8-14-2;1-11-7-13-9-4-2-3-8(5-9)10-6-12-10;1-2;/h3-6,11-13H,7-8H2,1-2H3;2-5,10H,6-7H2,1H3;2H2,1H3;1H. The molecule has 0 amide bonds. The van der Waals surface area contributed by atoms with Crippen LogP contribution < -0.4 is 20.5 Å². The number of nitrogens with one attached hydrogen (secondary N) is 1. The first kappa shape index (κ1) is 29.1.